The maximum atomic E-state index is 12.5. The van der Waals surface area contributed by atoms with Gasteiger partial charge in [-0.05, 0) is 44.7 Å². The molecule has 0 aliphatic carbocycles. The molecule has 0 N–H and O–H groups in total. The second-order valence-corrected chi connectivity index (χ2v) is 8.04. The number of hydrogen-bond acceptors (Lipinski definition) is 8. The predicted molar refractivity (Wildman–Crippen MR) is 126 cm³/mol. The van der Waals surface area contributed by atoms with Gasteiger partial charge in [0.15, 0.2) is 0 Å². The van der Waals surface area contributed by atoms with Crippen molar-refractivity contribution in [1.82, 2.24) is 0 Å². The molecule has 0 radical (unpaired) electrons. The topological polar surface area (TPSA) is 105 Å². The average molecular weight is 479 g/mol. The second-order valence-electron chi connectivity index (χ2n) is 8.04. The molecular formula is C26H38O8. The minimum Gasteiger partial charge on any atom is -0.466 e. The van der Waals surface area contributed by atoms with E-state index in [-0.39, 0.29) is 42.5 Å². The van der Waals surface area contributed by atoms with E-state index in [9.17, 15) is 19.2 Å². The fourth-order valence-electron chi connectivity index (χ4n) is 2.88. The Hall–Kier alpha value is -2.90. The van der Waals surface area contributed by atoms with E-state index in [0.717, 1.165) is 25.7 Å². The zero-order valence-electron chi connectivity index (χ0n) is 20.6. The van der Waals surface area contributed by atoms with Gasteiger partial charge in [-0.2, -0.15) is 0 Å². The van der Waals surface area contributed by atoms with E-state index in [1.54, 1.807) is 19.1 Å². The summed E-state index contributed by atoms with van der Waals surface area (Å²) < 4.78 is 20.9. The van der Waals surface area contributed by atoms with Gasteiger partial charge in [0.2, 0.25) is 0 Å². The van der Waals surface area contributed by atoms with Crippen LogP contribution in [0.25, 0.3) is 0 Å². The number of benzene rings is 1. The number of esters is 4. The molecule has 0 saturated heterocycles. The van der Waals surface area contributed by atoms with Crippen molar-refractivity contribution in [2.45, 2.75) is 84.7 Å². The number of carbonyl (C=O) groups is 4. The number of unbranched alkanes of at least 4 members (excludes halogenated alkanes) is 3. The van der Waals surface area contributed by atoms with Gasteiger partial charge in [0.25, 0.3) is 0 Å². The van der Waals surface area contributed by atoms with Gasteiger partial charge in [0.1, 0.15) is 6.10 Å². The fraction of sp³-hybridized carbons (Fsp3) is 0.615. The van der Waals surface area contributed by atoms with Gasteiger partial charge in [-0.15, -0.1) is 0 Å². The van der Waals surface area contributed by atoms with Crippen molar-refractivity contribution in [2.75, 3.05) is 19.8 Å². The lowest BCUT2D eigenvalue weighted by Gasteiger charge is -2.15. The zero-order valence-corrected chi connectivity index (χ0v) is 20.6. The smallest absolute Gasteiger partial charge is 0.339 e. The van der Waals surface area contributed by atoms with Crippen molar-refractivity contribution in [1.29, 1.82) is 0 Å². The Morgan fingerprint density at radius 1 is 0.706 bits per heavy atom. The number of rotatable bonds is 17. The van der Waals surface area contributed by atoms with E-state index < -0.39 is 18.0 Å². The molecule has 0 amide bonds. The van der Waals surface area contributed by atoms with E-state index in [1.807, 2.05) is 13.8 Å². The second kappa shape index (κ2) is 17.6. The van der Waals surface area contributed by atoms with Crippen LogP contribution in [0.1, 0.15) is 99.3 Å². The molecule has 1 unspecified atom stereocenters. The normalized spacial score (nSPS) is 11.4. The summed E-state index contributed by atoms with van der Waals surface area (Å²) in [5.74, 6) is -1.80. The maximum Gasteiger partial charge on any atom is 0.339 e. The molecule has 190 valence electrons. The zero-order chi connectivity index (χ0) is 25.2. The largest absolute Gasteiger partial charge is 0.466 e. The molecule has 1 atom stereocenters. The van der Waals surface area contributed by atoms with Gasteiger partial charge in [0, 0.05) is 19.3 Å². The maximum absolute atomic E-state index is 12.5. The Morgan fingerprint density at radius 2 is 1.21 bits per heavy atom. The third-order valence-corrected chi connectivity index (χ3v) is 4.97. The highest BCUT2D eigenvalue weighted by Gasteiger charge is 2.20. The molecule has 0 aromatic heterocycles. The summed E-state index contributed by atoms with van der Waals surface area (Å²) in [6.07, 6.45) is 4.88. The van der Waals surface area contributed by atoms with E-state index in [4.69, 9.17) is 18.9 Å². The summed E-state index contributed by atoms with van der Waals surface area (Å²) in [6.45, 7) is 6.55. The molecule has 0 saturated carbocycles. The summed E-state index contributed by atoms with van der Waals surface area (Å²) in [4.78, 5) is 48.2. The summed E-state index contributed by atoms with van der Waals surface area (Å²) in [5.41, 5.74) is 0.303. The van der Waals surface area contributed by atoms with E-state index in [2.05, 4.69) is 0 Å². The molecule has 1 aromatic carbocycles. The van der Waals surface area contributed by atoms with Crippen molar-refractivity contribution < 1.29 is 38.1 Å². The minimum absolute atomic E-state index is 0.104. The van der Waals surface area contributed by atoms with Gasteiger partial charge in [-0.3, -0.25) is 9.59 Å². The standard InChI is InChI=1S/C26H38O8/c1-4-6-17-31-23(27)14-10-11-15-24(28)32-19-16-20(3)34-26(30)22-13-9-8-12-21(22)25(29)33-18-7-5-2/h8-9,12-13,20H,4-7,10-11,14-19H2,1-3H3. The molecule has 8 nitrogen and oxygen atoms in total. The summed E-state index contributed by atoms with van der Waals surface area (Å²) in [5, 5.41) is 0. The summed E-state index contributed by atoms with van der Waals surface area (Å²) >= 11 is 0. The SMILES string of the molecule is CCCCOC(=O)CCCCC(=O)OCCC(C)OC(=O)c1ccccc1C(=O)OCCCC. The lowest BCUT2D eigenvalue weighted by molar-refractivity contribution is -0.146. The first-order valence-electron chi connectivity index (χ1n) is 12.2. The molecule has 1 aromatic rings. The van der Waals surface area contributed by atoms with E-state index >= 15 is 0 Å². The van der Waals surface area contributed by atoms with Crippen LogP contribution in [0.5, 0.6) is 0 Å². The lowest BCUT2D eigenvalue weighted by Crippen LogP contribution is -2.20. The van der Waals surface area contributed by atoms with Crippen molar-refractivity contribution in [3.05, 3.63) is 35.4 Å². The summed E-state index contributed by atoms with van der Waals surface area (Å²) in [6, 6.07) is 6.36. The Bertz CT molecular complexity index is 774. The first-order valence-corrected chi connectivity index (χ1v) is 12.2. The van der Waals surface area contributed by atoms with E-state index in [1.165, 1.54) is 12.1 Å². The summed E-state index contributed by atoms with van der Waals surface area (Å²) in [7, 11) is 0. The molecule has 8 heteroatoms. The molecule has 1 rings (SSSR count). The molecule has 0 heterocycles. The van der Waals surface area contributed by atoms with Crippen LogP contribution in [0.2, 0.25) is 0 Å². The quantitative estimate of drug-likeness (QED) is 0.174. The Balaban J connectivity index is 2.31. The van der Waals surface area contributed by atoms with Crippen molar-refractivity contribution in [2.24, 2.45) is 0 Å². The number of ether oxygens (including phenoxy) is 4. The van der Waals surface area contributed by atoms with Crippen LogP contribution >= 0.6 is 0 Å². The van der Waals surface area contributed by atoms with Crippen LogP contribution in [0.4, 0.5) is 0 Å². The van der Waals surface area contributed by atoms with Crippen LogP contribution in [0.3, 0.4) is 0 Å². The van der Waals surface area contributed by atoms with Crippen LogP contribution in [-0.2, 0) is 28.5 Å². The highest BCUT2D eigenvalue weighted by Crippen LogP contribution is 2.14. The van der Waals surface area contributed by atoms with Crippen LogP contribution in [0, 0.1) is 0 Å². The van der Waals surface area contributed by atoms with Crippen LogP contribution in [0.15, 0.2) is 24.3 Å². The molecule has 0 bridgehead atoms. The molecule has 0 aliphatic heterocycles. The molecule has 0 fully saturated rings. The molecule has 0 spiro atoms. The van der Waals surface area contributed by atoms with Gasteiger partial charge in [-0.1, -0.05) is 38.8 Å². The van der Waals surface area contributed by atoms with Gasteiger partial charge in [-0.25, -0.2) is 9.59 Å². The monoisotopic (exact) mass is 478 g/mol. The number of carbonyl (C=O) groups excluding carboxylic acids is 4. The van der Waals surface area contributed by atoms with Crippen LogP contribution < -0.4 is 0 Å². The Labute approximate surface area is 202 Å². The fourth-order valence-corrected chi connectivity index (χ4v) is 2.88. The van der Waals surface area contributed by atoms with Gasteiger partial charge in [0.05, 0.1) is 30.9 Å². The van der Waals surface area contributed by atoms with Crippen LogP contribution in [-0.4, -0.2) is 49.8 Å². The first kappa shape index (κ1) is 29.1. The van der Waals surface area contributed by atoms with Gasteiger partial charge < -0.3 is 18.9 Å². The van der Waals surface area contributed by atoms with Gasteiger partial charge >= 0.3 is 23.9 Å². The molecule has 34 heavy (non-hydrogen) atoms. The van der Waals surface area contributed by atoms with E-state index in [0.29, 0.717) is 32.5 Å². The Kier molecular flexibility index (Phi) is 15.0. The molecule has 0 aliphatic rings. The number of hydrogen-bond donors (Lipinski definition) is 0. The predicted octanol–water partition coefficient (Wildman–Crippen LogP) is 5.03. The highest BCUT2D eigenvalue weighted by molar-refractivity contribution is 6.03. The first-order chi connectivity index (χ1) is 16.4. The van der Waals surface area contributed by atoms with Crippen molar-refractivity contribution >= 4 is 23.9 Å². The third kappa shape index (κ3) is 12.4. The van der Waals surface area contributed by atoms with Crippen molar-refractivity contribution in [3.8, 4) is 0 Å². The molecular weight excluding hydrogens is 440 g/mol. The minimum atomic E-state index is -0.632. The van der Waals surface area contributed by atoms with Crippen molar-refractivity contribution in [3.63, 3.8) is 0 Å². The highest BCUT2D eigenvalue weighted by atomic mass is 16.6. The average Bonchev–Trinajstić information content (AvgIpc) is 2.82. The lowest BCUT2D eigenvalue weighted by atomic mass is 10.1. The Morgan fingerprint density at radius 3 is 1.76 bits per heavy atom. The third-order valence-electron chi connectivity index (χ3n) is 4.97.